The van der Waals surface area contributed by atoms with Gasteiger partial charge >= 0.3 is 6.09 Å². The Morgan fingerprint density at radius 1 is 0.884 bits per heavy atom. The molecule has 0 radical (unpaired) electrons. The number of hydrogen-bond acceptors (Lipinski definition) is 5. The molecular formula is C35H45N3O5. The van der Waals surface area contributed by atoms with Crippen molar-refractivity contribution in [3.63, 3.8) is 0 Å². The predicted molar refractivity (Wildman–Crippen MR) is 170 cm³/mol. The van der Waals surface area contributed by atoms with Gasteiger partial charge in [0.05, 0.1) is 7.11 Å². The molecular weight excluding hydrogens is 542 g/mol. The number of anilines is 1. The summed E-state index contributed by atoms with van der Waals surface area (Å²) in [5, 5.41) is 5.82. The summed E-state index contributed by atoms with van der Waals surface area (Å²) in [6, 6.07) is 22.1. The fourth-order valence-corrected chi connectivity index (χ4v) is 4.76. The number of rotatable bonds is 11. The number of alkyl carbamates (subject to hydrolysis) is 1. The van der Waals surface area contributed by atoms with Gasteiger partial charge in [0.1, 0.15) is 23.4 Å². The molecule has 3 amide bonds. The minimum absolute atomic E-state index is 0.218. The summed E-state index contributed by atoms with van der Waals surface area (Å²) >= 11 is 0. The van der Waals surface area contributed by atoms with Gasteiger partial charge in [-0.2, -0.15) is 0 Å². The Morgan fingerprint density at radius 3 is 2.09 bits per heavy atom. The number of carbonyl (C=O) groups excluding carboxylic acids is 3. The molecule has 3 aromatic rings. The second-order valence-electron chi connectivity index (χ2n) is 12.3. The smallest absolute Gasteiger partial charge is 0.408 e. The number of methoxy groups -OCH3 is 1. The van der Waals surface area contributed by atoms with E-state index >= 15 is 0 Å². The molecule has 43 heavy (non-hydrogen) atoms. The molecule has 2 atom stereocenters. The van der Waals surface area contributed by atoms with Crippen molar-refractivity contribution >= 4 is 23.6 Å². The van der Waals surface area contributed by atoms with Crippen LogP contribution in [0.4, 0.5) is 10.5 Å². The van der Waals surface area contributed by atoms with Crippen LogP contribution >= 0.6 is 0 Å². The van der Waals surface area contributed by atoms with Crippen molar-refractivity contribution in [2.24, 2.45) is 0 Å². The van der Waals surface area contributed by atoms with E-state index < -0.39 is 35.2 Å². The quantitative estimate of drug-likeness (QED) is 0.256. The average molecular weight is 588 g/mol. The zero-order valence-electron chi connectivity index (χ0n) is 26.6. The second-order valence-corrected chi connectivity index (χ2v) is 12.3. The molecule has 3 rings (SSSR count). The monoisotopic (exact) mass is 587 g/mol. The Kier molecular flexibility index (Phi) is 11.0. The van der Waals surface area contributed by atoms with Gasteiger partial charge in [0, 0.05) is 17.6 Å². The van der Waals surface area contributed by atoms with E-state index in [1.807, 2.05) is 82.3 Å². The standard InChI is InChI=1S/C35H45N3O5/c1-9-35(6,7)38(32(40)29(23-25-15-11-10-12-16-25)37-33(41)43-34(3,4)5)30(26-17-13-14-24(2)22-26)31(39)36-27-18-20-28(42-8)21-19-27/h10-22,29-30H,9,23H2,1-8H3,(H,36,39)(H,37,41). The van der Waals surface area contributed by atoms with Crippen molar-refractivity contribution in [1.29, 1.82) is 0 Å². The minimum atomic E-state index is -0.997. The van der Waals surface area contributed by atoms with E-state index in [0.29, 0.717) is 23.4 Å². The summed E-state index contributed by atoms with van der Waals surface area (Å²) in [6.07, 6.45) is 0.0721. The Bertz CT molecular complexity index is 1380. The largest absolute Gasteiger partial charge is 0.497 e. The van der Waals surface area contributed by atoms with E-state index in [1.54, 1.807) is 57.0 Å². The summed E-state index contributed by atoms with van der Waals surface area (Å²) < 4.78 is 10.8. The zero-order valence-corrected chi connectivity index (χ0v) is 26.6. The first-order valence-electron chi connectivity index (χ1n) is 14.6. The lowest BCUT2D eigenvalue weighted by molar-refractivity contribution is -0.147. The molecule has 0 aliphatic carbocycles. The van der Waals surface area contributed by atoms with E-state index in [2.05, 4.69) is 10.6 Å². The van der Waals surface area contributed by atoms with E-state index in [1.165, 1.54) is 0 Å². The van der Waals surface area contributed by atoms with E-state index in [0.717, 1.165) is 11.1 Å². The maximum Gasteiger partial charge on any atom is 0.408 e. The van der Waals surface area contributed by atoms with Crippen LogP contribution in [0.2, 0.25) is 0 Å². The molecule has 8 nitrogen and oxygen atoms in total. The summed E-state index contributed by atoms with van der Waals surface area (Å²) in [7, 11) is 1.58. The van der Waals surface area contributed by atoms with Crippen molar-refractivity contribution in [3.05, 3.63) is 95.6 Å². The van der Waals surface area contributed by atoms with Crippen molar-refractivity contribution < 1.29 is 23.9 Å². The maximum absolute atomic E-state index is 14.8. The number of ether oxygens (including phenoxy) is 2. The van der Waals surface area contributed by atoms with Crippen LogP contribution in [0.1, 0.15) is 70.7 Å². The number of aryl methyl sites for hydroxylation is 1. The Hall–Kier alpha value is -4.33. The van der Waals surface area contributed by atoms with Crippen LogP contribution < -0.4 is 15.4 Å². The van der Waals surface area contributed by atoms with E-state index in [9.17, 15) is 14.4 Å². The topological polar surface area (TPSA) is 97.0 Å². The average Bonchev–Trinajstić information content (AvgIpc) is 2.95. The first-order chi connectivity index (χ1) is 20.2. The molecule has 230 valence electrons. The molecule has 0 saturated carbocycles. The van der Waals surface area contributed by atoms with Crippen LogP contribution in [0.3, 0.4) is 0 Å². The molecule has 3 aromatic carbocycles. The van der Waals surface area contributed by atoms with Gasteiger partial charge in [0.25, 0.3) is 5.91 Å². The predicted octanol–water partition coefficient (Wildman–Crippen LogP) is 6.84. The van der Waals surface area contributed by atoms with Gasteiger partial charge in [-0.25, -0.2) is 4.79 Å². The molecule has 2 unspecified atom stereocenters. The van der Waals surface area contributed by atoms with Crippen LogP contribution in [0.5, 0.6) is 5.75 Å². The highest BCUT2D eigenvalue weighted by molar-refractivity contribution is 5.99. The zero-order chi connectivity index (χ0) is 31.8. The van der Waals surface area contributed by atoms with Crippen LogP contribution in [-0.2, 0) is 20.7 Å². The minimum Gasteiger partial charge on any atom is -0.497 e. The fraction of sp³-hybridized carbons (Fsp3) is 0.400. The van der Waals surface area contributed by atoms with Gasteiger partial charge in [-0.05, 0) is 83.4 Å². The van der Waals surface area contributed by atoms with Crippen molar-refractivity contribution in [3.8, 4) is 5.75 Å². The number of amides is 3. The molecule has 0 fully saturated rings. The number of nitrogens with zero attached hydrogens (tertiary/aromatic N) is 1. The third kappa shape index (κ3) is 9.33. The molecule has 0 aliphatic heterocycles. The van der Waals surface area contributed by atoms with Crippen LogP contribution in [-0.4, -0.2) is 47.1 Å². The van der Waals surface area contributed by atoms with Gasteiger partial charge in [-0.1, -0.05) is 67.1 Å². The lowest BCUT2D eigenvalue weighted by Crippen LogP contribution is -2.59. The second kappa shape index (κ2) is 14.2. The lowest BCUT2D eigenvalue weighted by atomic mass is 9.90. The fourth-order valence-electron chi connectivity index (χ4n) is 4.76. The normalized spacial score (nSPS) is 12.9. The molecule has 0 bridgehead atoms. The van der Waals surface area contributed by atoms with Crippen LogP contribution in [0.25, 0.3) is 0 Å². The van der Waals surface area contributed by atoms with E-state index in [-0.39, 0.29) is 12.3 Å². The van der Waals surface area contributed by atoms with Gasteiger partial charge < -0.3 is 25.0 Å². The summed E-state index contributed by atoms with van der Waals surface area (Å²) in [4.78, 5) is 43.6. The van der Waals surface area contributed by atoms with Gasteiger partial charge in [-0.15, -0.1) is 0 Å². The lowest BCUT2D eigenvalue weighted by Gasteiger charge is -2.44. The van der Waals surface area contributed by atoms with Crippen LogP contribution in [0, 0.1) is 6.92 Å². The molecule has 0 saturated heterocycles. The first kappa shape index (κ1) is 33.2. The van der Waals surface area contributed by atoms with Crippen molar-refractivity contribution in [1.82, 2.24) is 10.2 Å². The maximum atomic E-state index is 14.8. The third-order valence-electron chi connectivity index (χ3n) is 7.25. The molecule has 8 heteroatoms. The highest BCUT2D eigenvalue weighted by atomic mass is 16.6. The Labute approximate surface area is 255 Å². The molecule has 2 N–H and O–H groups in total. The van der Waals surface area contributed by atoms with Crippen molar-refractivity contribution in [2.75, 3.05) is 12.4 Å². The third-order valence-corrected chi connectivity index (χ3v) is 7.25. The molecule has 0 spiro atoms. The van der Waals surface area contributed by atoms with Crippen LogP contribution in [0.15, 0.2) is 78.9 Å². The van der Waals surface area contributed by atoms with Gasteiger partial charge in [-0.3, -0.25) is 9.59 Å². The number of benzene rings is 3. The number of nitrogens with one attached hydrogen (secondary N) is 2. The Balaban J connectivity index is 2.12. The highest BCUT2D eigenvalue weighted by Gasteiger charge is 2.43. The van der Waals surface area contributed by atoms with Gasteiger partial charge in [0.15, 0.2) is 0 Å². The highest BCUT2D eigenvalue weighted by Crippen LogP contribution is 2.34. The van der Waals surface area contributed by atoms with Crippen molar-refractivity contribution in [2.45, 2.75) is 84.5 Å². The molecule has 0 aliphatic rings. The number of hydrogen-bond donors (Lipinski definition) is 2. The first-order valence-corrected chi connectivity index (χ1v) is 14.6. The molecule has 0 aromatic heterocycles. The Morgan fingerprint density at radius 2 is 1.53 bits per heavy atom. The van der Waals surface area contributed by atoms with Gasteiger partial charge in [0.2, 0.25) is 5.91 Å². The molecule has 0 heterocycles. The number of carbonyl (C=O) groups is 3. The summed E-state index contributed by atoms with van der Waals surface area (Å²) in [5.74, 6) is -0.103. The summed E-state index contributed by atoms with van der Waals surface area (Å²) in [6.45, 7) is 13.1. The summed E-state index contributed by atoms with van der Waals surface area (Å²) in [5.41, 5.74) is 1.52. The van der Waals surface area contributed by atoms with E-state index in [4.69, 9.17) is 9.47 Å². The SMILES string of the molecule is CCC(C)(C)N(C(=O)C(Cc1ccccc1)NC(=O)OC(C)(C)C)C(C(=O)Nc1ccc(OC)cc1)c1cccc(C)c1.